The number of nitrogens with one attached hydrogen (secondary N) is 1. The van der Waals surface area contributed by atoms with Crippen LogP contribution in [-0.2, 0) is 32.7 Å². The lowest BCUT2D eigenvalue weighted by molar-refractivity contribution is -0.110. The van der Waals surface area contributed by atoms with E-state index in [2.05, 4.69) is 20.7 Å². The predicted molar refractivity (Wildman–Crippen MR) is 110 cm³/mol. The zero-order chi connectivity index (χ0) is 21.6. The Labute approximate surface area is 176 Å². The summed E-state index contributed by atoms with van der Waals surface area (Å²) in [6.07, 6.45) is 0.0990. The van der Waals surface area contributed by atoms with Crippen molar-refractivity contribution in [2.24, 2.45) is 10.3 Å². The van der Waals surface area contributed by atoms with E-state index in [4.69, 9.17) is 9.98 Å². The van der Waals surface area contributed by atoms with Crippen molar-refractivity contribution in [3.63, 3.8) is 0 Å². The maximum atomic E-state index is 12.7. The van der Waals surface area contributed by atoms with E-state index in [1.54, 1.807) is 12.1 Å². The van der Waals surface area contributed by atoms with E-state index in [0.717, 1.165) is 5.56 Å². The number of nitrogens with zero attached hydrogens (tertiary/aromatic N) is 3. The summed E-state index contributed by atoms with van der Waals surface area (Å²) in [4.78, 5) is 18.0. The molecule has 10 nitrogen and oxygen atoms in total. The van der Waals surface area contributed by atoms with Crippen molar-refractivity contribution in [2.45, 2.75) is 17.4 Å². The third-order valence-electron chi connectivity index (χ3n) is 3.69. The van der Waals surface area contributed by atoms with E-state index >= 15 is 0 Å². The lowest BCUT2D eigenvalue weighted by Crippen LogP contribution is -2.25. The Hall–Kier alpha value is -3.35. The van der Waals surface area contributed by atoms with Crippen molar-refractivity contribution < 1.29 is 23.2 Å². The van der Waals surface area contributed by atoms with E-state index in [1.165, 1.54) is 12.1 Å². The van der Waals surface area contributed by atoms with Crippen molar-refractivity contribution in [2.75, 3.05) is 5.32 Å². The number of benzene rings is 2. The number of aromatic hydroxyl groups is 1. The Morgan fingerprint density at radius 2 is 1.80 bits per heavy atom. The average Bonchev–Trinajstić information content (AvgIpc) is 3.18. The van der Waals surface area contributed by atoms with Crippen LogP contribution in [0.1, 0.15) is 11.1 Å². The third kappa shape index (κ3) is 6.07. The van der Waals surface area contributed by atoms with Gasteiger partial charge in [-0.25, -0.2) is 13.6 Å². The second-order valence-corrected chi connectivity index (χ2v) is 8.73. The van der Waals surface area contributed by atoms with Crippen molar-refractivity contribution in [3.05, 3.63) is 65.7 Å². The standard InChI is InChI=1S/C18H17N5O5S2/c19-30(26,27)18-22-21-17(29-18)20-16(25)15(10-12-6-8-14(24)9-7-12)23-28-11-13-4-2-1-3-5-13/h1-9,24H,10-11H2,(H2,19,26,27)(H,20,21,25)/b23-15+. The molecule has 0 spiro atoms. The van der Waals surface area contributed by atoms with E-state index in [0.29, 0.717) is 16.9 Å². The number of carbonyl (C=O) groups is 1. The minimum atomic E-state index is -4.02. The van der Waals surface area contributed by atoms with Gasteiger partial charge in [-0.1, -0.05) is 59.0 Å². The number of carbonyl (C=O) groups excluding carboxylic acids is 1. The molecule has 0 radical (unpaired) electrons. The van der Waals surface area contributed by atoms with Gasteiger partial charge >= 0.3 is 0 Å². The molecule has 1 heterocycles. The summed E-state index contributed by atoms with van der Waals surface area (Å²) >= 11 is 0.619. The Morgan fingerprint density at radius 1 is 1.10 bits per heavy atom. The van der Waals surface area contributed by atoms with Crippen LogP contribution in [0.5, 0.6) is 5.75 Å². The zero-order valence-electron chi connectivity index (χ0n) is 15.4. The quantitative estimate of drug-likeness (QED) is 0.269. The highest BCUT2D eigenvalue weighted by Crippen LogP contribution is 2.19. The first-order valence-corrected chi connectivity index (χ1v) is 10.9. The van der Waals surface area contributed by atoms with E-state index in [1.807, 2.05) is 30.3 Å². The van der Waals surface area contributed by atoms with Crippen molar-refractivity contribution in [1.82, 2.24) is 10.2 Å². The molecule has 0 aliphatic rings. The van der Waals surface area contributed by atoms with Crippen molar-refractivity contribution >= 4 is 38.1 Å². The Balaban J connectivity index is 1.76. The number of sulfonamides is 1. The molecule has 0 aliphatic carbocycles. The SMILES string of the molecule is NS(=O)(=O)c1nnc(NC(=O)/C(Cc2ccc(O)cc2)=N/OCc2ccccc2)s1. The second-order valence-electron chi connectivity index (χ2n) is 6.01. The summed E-state index contributed by atoms with van der Waals surface area (Å²) in [5.74, 6) is -0.556. The van der Waals surface area contributed by atoms with Crippen LogP contribution in [0.4, 0.5) is 5.13 Å². The van der Waals surface area contributed by atoms with Gasteiger partial charge in [-0.3, -0.25) is 10.1 Å². The van der Waals surface area contributed by atoms with Gasteiger partial charge in [-0.15, -0.1) is 10.2 Å². The molecule has 4 N–H and O–H groups in total. The fourth-order valence-electron chi connectivity index (χ4n) is 2.26. The molecule has 2 aromatic carbocycles. The molecular weight excluding hydrogens is 430 g/mol. The fourth-order valence-corrected chi connectivity index (χ4v) is 3.59. The summed E-state index contributed by atoms with van der Waals surface area (Å²) in [5, 5.41) is 27.8. The average molecular weight is 447 g/mol. The molecule has 156 valence electrons. The maximum Gasteiger partial charge on any atom is 0.275 e. The van der Waals surface area contributed by atoms with Crippen LogP contribution in [0.2, 0.25) is 0 Å². The highest BCUT2D eigenvalue weighted by atomic mass is 32.2. The Morgan fingerprint density at radius 3 is 2.43 bits per heavy atom. The number of amides is 1. The number of hydrogen-bond donors (Lipinski definition) is 3. The highest BCUT2D eigenvalue weighted by molar-refractivity contribution is 7.91. The topological polar surface area (TPSA) is 157 Å². The molecule has 0 unspecified atom stereocenters. The number of phenolic OH excluding ortho intramolecular Hbond substituents is 1. The molecule has 1 aromatic heterocycles. The number of primary sulfonamides is 1. The minimum Gasteiger partial charge on any atom is -0.508 e. The predicted octanol–water partition coefficient (Wildman–Crippen LogP) is 1.65. The van der Waals surface area contributed by atoms with Gasteiger partial charge in [0.2, 0.25) is 9.47 Å². The van der Waals surface area contributed by atoms with Gasteiger partial charge in [0.15, 0.2) is 0 Å². The van der Waals surface area contributed by atoms with Crippen molar-refractivity contribution in [1.29, 1.82) is 0 Å². The molecule has 0 atom stereocenters. The molecule has 12 heteroatoms. The first-order valence-electron chi connectivity index (χ1n) is 8.49. The summed E-state index contributed by atoms with van der Waals surface area (Å²) in [6, 6.07) is 15.5. The normalized spacial score (nSPS) is 11.8. The van der Waals surface area contributed by atoms with Gasteiger partial charge in [0.1, 0.15) is 18.1 Å². The van der Waals surface area contributed by atoms with E-state index in [9.17, 15) is 18.3 Å². The molecule has 1 amide bonds. The second kappa shape index (κ2) is 9.43. The van der Waals surface area contributed by atoms with Gasteiger partial charge in [-0.05, 0) is 23.3 Å². The van der Waals surface area contributed by atoms with Gasteiger partial charge in [0.25, 0.3) is 15.9 Å². The number of rotatable bonds is 8. The molecule has 0 bridgehead atoms. The number of phenols is 1. The van der Waals surface area contributed by atoms with Gasteiger partial charge in [0.05, 0.1) is 0 Å². The van der Waals surface area contributed by atoms with E-state index in [-0.39, 0.29) is 29.6 Å². The lowest BCUT2D eigenvalue weighted by Gasteiger charge is -2.07. The lowest BCUT2D eigenvalue weighted by atomic mass is 10.1. The Bertz CT molecular complexity index is 1150. The summed E-state index contributed by atoms with van der Waals surface area (Å²) in [6.45, 7) is 0.154. The van der Waals surface area contributed by atoms with Crippen LogP contribution in [0.15, 0.2) is 64.1 Å². The number of hydrogen-bond acceptors (Lipinski definition) is 9. The maximum absolute atomic E-state index is 12.7. The first-order chi connectivity index (χ1) is 14.3. The summed E-state index contributed by atoms with van der Waals surface area (Å²) in [5.41, 5.74) is 1.59. The van der Waals surface area contributed by atoms with Crippen LogP contribution < -0.4 is 10.5 Å². The highest BCUT2D eigenvalue weighted by Gasteiger charge is 2.19. The number of aromatic nitrogens is 2. The zero-order valence-corrected chi connectivity index (χ0v) is 17.1. The minimum absolute atomic E-state index is 0.0176. The van der Waals surface area contributed by atoms with Crippen LogP contribution in [-0.4, -0.2) is 35.3 Å². The third-order valence-corrected chi connectivity index (χ3v) is 5.84. The molecule has 3 aromatic rings. The van der Waals surface area contributed by atoms with E-state index < -0.39 is 20.3 Å². The molecule has 0 aliphatic heterocycles. The smallest absolute Gasteiger partial charge is 0.275 e. The fraction of sp³-hybridized carbons (Fsp3) is 0.111. The summed E-state index contributed by atoms with van der Waals surface area (Å²) in [7, 11) is -4.02. The number of nitrogens with two attached hydrogens (primary N) is 1. The molecule has 0 fully saturated rings. The molecule has 0 saturated carbocycles. The largest absolute Gasteiger partial charge is 0.508 e. The Kier molecular flexibility index (Phi) is 6.72. The molecule has 3 rings (SSSR count). The number of oxime groups is 1. The first kappa shape index (κ1) is 21.4. The van der Waals surface area contributed by atoms with Crippen molar-refractivity contribution in [3.8, 4) is 5.75 Å². The van der Waals surface area contributed by atoms with Gasteiger partial charge in [0, 0.05) is 6.42 Å². The summed E-state index contributed by atoms with van der Waals surface area (Å²) < 4.78 is 22.2. The van der Waals surface area contributed by atoms with Crippen LogP contribution in [0.25, 0.3) is 0 Å². The van der Waals surface area contributed by atoms with Gasteiger partial charge < -0.3 is 9.94 Å². The van der Waals surface area contributed by atoms with Crippen LogP contribution in [0.3, 0.4) is 0 Å². The number of anilines is 1. The van der Waals surface area contributed by atoms with Crippen LogP contribution >= 0.6 is 11.3 Å². The van der Waals surface area contributed by atoms with Crippen LogP contribution in [0, 0.1) is 0 Å². The molecular formula is C18H17N5O5S2. The monoisotopic (exact) mass is 447 g/mol. The molecule has 0 saturated heterocycles. The van der Waals surface area contributed by atoms with Gasteiger partial charge in [-0.2, -0.15) is 0 Å². The molecule has 30 heavy (non-hydrogen) atoms.